The summed E-state index contributed by atoms with van der Waals surface area (Å²) in [4.78, 5) is 0. The van der Waals surface area contributed by atoms with Crippen molar-refractivity contribution in [2.75, 3.05) is 0 Å². The topological polar surface area (TPSA) is 0 Å². The van der Waals surface area contributed by atoms with Gasteiger partial charge in [0, 0.05) is 6.92 Å². The summed E-state index contributed by atoms with van der Waals surface area (Å²) in [6.45, 7) is -1.43. The highest BCUT2D eigenvalue weighted by Gasteiger charge is 2.53. The molecule has 1 unspecified atom stereocenters. The molecule has 67 valence electrons. The Hall–Kier alpha value is -0.420. The molecule has 0 nitrogen and oxygen atoms in total. The van der Waals surface area contributed by atoms with E-state index in [1.807, 2.05) is 0 Å². The van der Waals surface area contributed by atoms with Gasteiger partial charge in [0.05, 0.1) is 0 Å². The van der Waals surface area contributed by atoms with Crippen molar-refractivity contribution in [2.45, 2.75) is 24.9 Å². The average Bonchev–Trinajstić information content (AvgIpc) is 1.84. The summed E-state index contributed by atoms with van der Waals surface area (Å²) in [5, 5.41) is 0. The summed E-state index contributed by atoms with van der Waals surface area (Å²) in [7, 11) is 0. The van der Waals surface area contributed by atoms with Crippen LogP contribution in [0.1, 0.15) is 6.92 Å². The first kappa shape index (κ1) is 10.6. The largest absolute Gasteiger partial charge is 0.318 e. The number of hydrogen-bond donors (Lipinski definition) is 0. The van der Waals surface area contributed by atoms with E-state index in [1.165, 1.54) is 0 Å². The van der Waals surface area contributed by atoms with Crippen LogP contribution in [0.25, 0.3) is 0 Å². The van der Waals surface area contributed by atoms with E-state index in [9.17, 15) is 26.3 Å². The van der Waals surface area contributed by atoms with Gasteiger partial charge in [0.15, 0.2) is 0 Å². The molecule has 0 saturated heterocycles. The van der Waals surface area contributed by atoms with Gasteiger partial charge in [-0.2, -0.15) is 8.78 Å². The van der Waals surface area contributed by atoms with Crippen molar-refractivity contribution in [3.05, 3.63) is 6.67 Å². The number of rotatable bonds is 3. The van der Waals surface area contributed by atoms with Crippen LogP contribution in [0, 0.1) is 6.67 Å². The minimum Gasteiger partial charge on any atom is -0.237 e. The fraction of sp³-hybridized carbons (Fsp3) is 0.800. The van der Waals surface area contributed by atoms with Gasteiger partial charge in [0.25, 0.3) is 5.92 Å². The van der Waals surface area contributed by atoms with Crippen molar-refractivity contribution in [1.82, 2.24) is 0 Å². The molecule has 6 heteroatoms. The van der Waals surface area contributed by atoms with E-state index >= 15 is 0 Å². The molecule has 0 aliphatic rings. The van der Waals surface area contributed by atoms with E-state index < -0.39 is 24.7 Å². The van der Waals surface area contributed by atoms with Gasteiger partial charge in [-0.15, -0.1) is 0 Å². The van der Waals surface area contributed by atoms with Gasteiger partial charge in [-0.25, -0.2) is 17.6 Å². The zero-order valence-corrected chi connectivity index (χ0v) is 5.42. The van der Waals surface area contributed by atoms with Crippen LogP contribution in [-0.2, 0) is 0 Å². The molecule has 0 aliphatic carbocycles. The van der Waals surface area contributed by atoms with E-state index in [0.717, 1.165) is 0 Å². The second kappa shape index (κ2) is 2.91. The standard InChI is InChI=1S/C5H5F6/c1-4(8,9)3(7)5(10,11)2-6/h2-3H,1H3. The fourth-order valence-electron chi connectivity index (χ4n) is 0.393. The minimum atomic E-state index is -4.72. The molecule has 0 rings (SSSR count). The molecule has 1 atom stereocenters. The van der Waals surface area contributed by atoms with E-state index in [-0.39, 0.29) is 6.92 Å². The Morgan fingerprint density at radius 3 is 1.64 bits per heavy atom. The van der Waals surface area contributed by atoms with Crippen LogP contribution in [0.3, 0.4) is 0 Å². The highest BCUT2D eigenvalue weighted by atomic mass is 19.3. The molecule has 0 spiro atoms. The van der Waals surface area contributed by atoms with Gasteiger partial charge in [-0.05, 0) is 0 Å². The molecule has 0 amide bonds. The highest BCUT2D eigenvalue weighted by Crippen LogP contribution is 2.35. The lowest BCUT2D eigenvalue weighted by molar-refractivity contribution is -0.164. The maximum absolute atomic E-state index is 11.9. The smallest absolute Gasteiger partial charge is 0.237 e. The van der Waals surface area contributed by atoms with Crippen LogP contribution < -0.4 is 0 Å². The Bertz CT molecular complexity index is 125. The molecule has 0 saturated carbocycles. The Morgan fingerprint density at radius 1 is 1.18 bits per heavy atom. The van der Waals surface area contributed by atoms with Gasteiger partial charge in [-0.1, -0.05) is 0 Å². The fourth-order valence-corrected chi connectivity index (χ4v) is 0.393. The third-order valence-electron chi connectivity index (χ3n) is 0.928. The first-order valence-electron chi connectivity index (χ1n) is 2.56. The minimum absolute atomic E-state index is 0.0466. The Kier molecular flexibility index (Phi) is 2.79. The lowest BCUT2D eigenvalue weighted by Crippen LogP contribution is -2.41. The molecular formula is C5H5F6. The van der Waals surface area contributed by atoms with Crippen molar-refractivity contribution in [3.63, 3.8) is 0 Å². The van der Waals surface area contributed by atoms with Crippen molar-refractivity contribution < 1.29 is 26.3 Å². The monoisotopic (exact) mass is 179 g/mol. The summed E-state index contributed by atoms with van der Waals surface area (Å²) in [6, 6.07) is 0. The molecule has 0 aliphatic heterocycles. The molecule has 0 aromatic rings. The zero-order valence-electron chi connectivity index (χ0n) is 5.42. The van der Waals surface area contributed by atoms with Crippen LogP contribution >= 0.6 is 0 Å². The van der Waals surface area contributed by atoms with Gasteiger partial charge in [-0.3, -0.25) is 0 Å². The lowest BCUT2D eigenvalue weighted by atomic mass is 10.1. The van der Waals surface area contributed by atoms with Crippen molar-refractivity contribution in [3.8, 4) is 0 Å². The average molecular weight is 179 g/mol. The molecule has 0 N–H and O–H groups in total. The first-order valence-corrected chi connectivity index (χ1v) is 2.56. The summed E-state index contributed by atoms with van der Waals surface area (Å²) >= 11 is 0. The van der Waals surface area contributed by atoms with E-state index in [4.69, 9.17) is 0 Å². The summed E-state index contributed by atoms with van der Waals surface area (Å²) in [5.74, 6) is -8.97. The van der Waals surface area contributed by atoms with Crippen LogP contribution in [-0.4, -0.2) is 18.0 Å². The molecule has 0 bridgehead atoms. The number of halogens is 6. The predicted molar refractivity (Wildman–Crippen MR) is 25.9 cm³/mol. The highest BCUT2D eigenvalue weighted by molar-refractivity contribution is 4.90. The quantitative estimate of drug-likeness (QED) is 0.584. The Balaban J connectivity index is 4.35. The van der Waals surface area contributed by atoms with Crippen LogP contribution in [0.4, 0.5) is 26.3 Å². The second-order valence-corrected chi connectivity index (χ2v) is 2.10. The molecule has 11 heavy (non-hydrogen) atoms. The maximum Gasteiger partial charge on any atom is 0.318 e. The van der Waals surface area contributed by atoms with Crippen LogP contribution in [0.2, 0.25) is 0 Å². The predicted octanol–water partition coefficient (Wildman–Crippen LogP) is 2.75. The Labute approximate surface area is 59.2 Å². The summed E-state index contributed by atoms with van der Waals surface area (Å²) < 4.78 is 70.0. The molecule has 1 radical (unpaired) electrons. The lowest BCUT2D eigenvalue weighted by Gasteiger charge is -2.21. The van der Waals surface area contributed by atoms with Gasteiger partial charge in [0.2, 0.25) is 12.8 Å². The molecule has 0 heterocycles. The number of hydrogen-bond acceptors (Lipinski definition) is 0. The number of alkyl halides is 5. The zero-order chi connectivity index (χ0) is 9.28. The van der Waals surface area contributed by atoms with Gasteiger partial charge >= 0.3 is 5.92 Å². The van der Waals surface area contributed by atoms with Gasteiger partial charge in [0.1, 0.15) is 0 Å². The molecular weight excluding hydrogens is 174 g/mol. The maximum atomic E-state index is 11.9. The third kappa shape index (κ3) is 2.59. The molecule has 0 aromatic carbocycles. The summed E-state index contributed by atoms with van der Waals surface area (Å²) in [5.41, 5.74) is 0. The van der Waals surface area contributed by atoms with Crippen LogP contribution in [0.15, 0.2) is 0 Å². The van der Waals surface area contributed by atoms with Gasteiger partial charge < -0.3 is 0 Å². The molecule has 0 aromatic heterocycles. The molecule has 0 fully saturated rings. The normalized spacial score (nSPS) is 16.6. The Morgan fingerprint density at radius 2 is 1.55 bits per heavy atom. The van der Waals surface area contributed by atoms with Crippen molar-refractivity contribution in [2.24, 2.45) is 0 Å². The van der Waals surface area contributed by atoms with Crippen molar-refractivity contribution in [1.29, 1.82) is 0 Å². The summed E-state index contributed by atoms with van der Waals surface area (Å²) in [6.07, 6.45) is -3.82. The van der Waals surface area contributed by atoms with E-state index in [2.05, 4.69) is 0 Å². The van der Waals surface area contributed by atoms with Crippen molar-refractivity contribution >= 4 is 0 Å². The first-order chi connectivity index (χ1) is 4.72. The van der Waals surface area contributed by atoms with E-state index in [0.29, 0.717) is 0 Å². The SMILES string of the molecule is CC(F)(F)C(F)C(F)(F)[CH]F. The van der Waals surface area contributed by atoms with Crippen LogP contribution in [0.5, 0.6) is 0 Å². The third-order valence-corrected chi connectivity index (χ3v) is 0.928. The van der Waals surface area contributed by atoms with E-state index in [1.54, 1.807) is 0 Å². The second-order valence-electron chi connectivity index (χ2n) is 2.10.